The number of rotatable bonds is 15. The van der Waals surface area contributed by atoms with Crippen molar-refractivity contribution in [2.45, 2.75) is 49.9 Å². The van der Waals surface area contributed by atoms with Crippen LogP contribution in [0.3, 0.4) is 0 Å². The molecule has 0 aliphatic heterocycles. The molecular formula is C21H28N4O10. The molecule has 0 radical (unpaired) electrons. The second-order valence-electron chi connectivity index (χ2n) is 7.53. The molecule has 0 bridgehead atoms. The van der Waals surface area contributed by atoms with Crippen molar-refractivity contribution in [1.29, 1.82) is 0 Å². The van der Waals surface area contributed by atoms with E-state index in [1.807, 2.05) is 5.32 Å². The minimum absolute atomic E-state index is 0.0835. The highest BCUT2D eigenvalue weighted by Gasteiger charge is 2.31. The molecule has 14 heteroatoms. The molecule has 9 N–H and O–H groups in total. The molecule has 35 heavy (non-hydrogen) atoms. The zero-order chi connectivity index (χ0) is 26.5. The molecule has 14 nitrogen and oxygen atoms in total. The number of carboxylic acids is 3. The molecule has 0 saturated heterocycles. The summed E-state index contributed by atoms with van der Waals surface area (Å²) >= 11 is 0. The van der Waals surface area contributed by atoms with Gasteiger partial charge in [0.05, 0.1) is 19.1 Å². The summed E-state index contributed by atoms with van der Waals surface area (Å²) in [7, 11) is 0. The molecular weight excluding hydrogens is 468 g/mol. The van der Waals surface area contributed by atoms with Crippen molar-refractivity contribution >= 4 is 35.6 Å². The molecule has 0 aromatic heterocycles. The van der Waals surface area contributed by atoms with Crippen LogP contribution in [0.2, 0.25) is 0 Å². The van der Waals surface area contributed by atoms with Gasteiger partial charge in [-0.15, -0.1) is 0 Å². The van der Waals surface area contributed by atoms with Crippen molar-refractivity contribution in [3.8, 4) is 0 Å². The fraction of sp³-hybridized carbons (Fsp3) is 0.429. The molecule has 0 aliphatic rings. The first-order chi connectivity index (χ1) is 16.4. The Balaban J connectivity index is 3.07. The number of aliphatic hydroxyl groups is 1. The highest BCUT2D eigenvalue weighted by atomic mass is 16.4. The molecule has 0 saturated carbocycles. The van der Waals surface area contributed by atoms with Crippen molar-refractivity contribution < 1.29 is 49.2 Å². The van der Waals surface area contributed by atoms with E-state index in [0.29, 0.717) is 5.56 Å². The first-order valence-electron chi connectivity index (χ1n) is 10.4. The fourth-order valence-electron chi connectivity index (χ4n) is 2.86. The van der Waals surface area contributed by atoms with Gasteiger partial charge in [0.2, 0.25) is 17.7 Å². The quantitative estimate of drug-likeness (QED) is 0.125. The Morgan fingerprint density at radius 3 is 1.83 bits per heavy atom. The van der Waals surface area contributed by atoms with Gasteiger partial charge in [-0.1, -0.05) is 30.3 Å². The number of amides is 3. The number of nitrogens with one attached hydrogen (secondary N) is 3. The molecule has 4 atom stereocenters. The van der Waals surface area contributed by atoms with Gasteiger partial charge in [-0.2, -0.15) is 0 Å². The first-order valence-corrected chi connectivity index (χ1v) is 10.4. The van der Waals surface area contributed by atoms with Crippen molar-refractivity contribution in [2.75, 3.05) is 6.61 Å². The minimum atomic E-state index is -1.73. The molecule has 1 aromatic rings. The second kappa shape index (κ2) is 14.3. The van der Waals surface area contributed by atoms with E-state index < -0.39 is 72.8 Å². The Bertz CT molecular complexity index is 924. The number of benzene rings is 1. The van der Waals surface area contributed by atoms with Crippen LogP contribution in [-0.4, -0.2) is 86.8 Å². The number of hydrogen-bond acceptors (Lipinski definition) is 8. The lowest BCUT2D eigenvalue weighted by molar-refractivity contribution is -0.144. The number of nitrogens with two attached hydrogens (primary N) is 1. The number of carbonyl (C=O) groups is 6. The van der Waals surface area contributed by atoms with Crippen LogP contribution in [0.15, 0.2) is 30.3 Å². The lowest BCUT2D eigenvalue weighted by Gasteiger charge is -2.24. The Hall–Kier alpha value is -4.04. The van der Waals surface area contributed by atoms with E-state index in [1.54, 1.807) is 30.3 Å². The van der Waals surface area contributed by atoms with Crippen LogP contribution in [0.1, 0.15) is 24.8 Å². The zero-order valence-corrected chi connectivity index (χ0v) is 18.5. The largest absolute Gasteiger partial charge is 0.481 e. The monoisotopic (exact) mass is 496 g/mol. The molecule has 0 heterocycles. The van der Waals surface area contributed by atoms with Crippen LogP contribution in [0, 0.1) is 0 Å². The second-order valence-corrected chi connectivity index (χ2v) is 7.53. The SMILES string of the molecule is NC(CCC(=O)O)C(=O)NC(Cc1ccccc1)C(=O)NC(CC(=O)O)C(=O)NC(CO)C(=O)O. The number of aliphatic hydroxyl groups excluding tert-OH is 1. The number of aliphatic carboxylic acids is 3. The summed E-state index contributed by atoms with van der Waals surface area (Å²) < 4.78 is 0. The van der Waals surface area contributed by atoms with Crippen LogP contribution in [-0.2, 0) is 35.2 Å². The van der Waals surface area contributed by atoms with E-state index in [0.717, 1.165) is 0 Å². The van der Waals surface area contributed by atoms with Crippen LogP contribution >= 0.6 is 0 Å². The first kappa shape index (κ1) is 29.0. The summed E-state index contributed by atoms with van der Waals surface area (Å²) in [6.45, 7) is -0.976. The third-order valence-electron chi connectivity index (χ3n) is 4.73. The van der Waals surface area contributed by atoms with Gasteiger partial charge >= 0.3 is 17.9 Å². The maximum Gasteiger partial charge on any atom is 0.328 e. The third-order valence-corrected chi connectivity index (χ3v) is 4.73. The molecule has 1 rings (SSSR count). The lowest BCUT2D eigenvalue weighted by atomic mass is 10.0. The molecule has 3 amide bonds. The van der Waals surface area contributed by atoms with Crippen molar-refractivity contribution in [3.63, 3.8) is 0 Å². The van der Waals surface area contributed by atoms with Gasteiger partial charge < -0.3 is 42.1 Å². The van der Waals surface area contributed by atoms with Gasteiger partial charge in [-0.05, 0) is 12.0 Å². The van der Waals surface area contributed by atoms with Gasteiger partial charge in [0.1, 0.15) is 18.1 Å². The van der Waals surface area contributed by atoms with E-state index in [4.69, 9.17) is 26.2 Å². The lowest BCUT2D eigenvalue weighted by Crippen LogP contribution is -2.58. The maximum absolute atomic E-state index is 13.0. The minimum Gasteiger partial charge on any atom is -0.481 e. The summed E-state index contributed by atoms with van der Waals surface area (Å²) in [6.07, 6.45) is -1.59. The molecule has 1 aromatic carbocycles. The standard InChI is InChI=1S/C21H28N4O10/c22-12(6-7-16(27)28)18(31)23-13(8-11-4-2-1-3-5-11)19(32)24-14(9-17(29)30)20(33)25-15(10-26)21(34)35/h1-5,12-15,26H,6-10,22H2,(H,23,31)(H,24,32)(H,25,33)(H,27,28)(H,29,30)(H,34,35). The number of carboxylic acid groups (broad SMARTS) is 3. The third kappa shape index (κ3) is 10.6. The predicted molar refractivity (Wildman–Crippen MR) is 118 cm³/mol. The van der Waals surface area contributed by atoms with E-state index in [-0.39, 0.29) is 19.3 Å². The van der Waals surface area contributed by atoms with Crippen molar-refractivity contribution in [3.05, 3.63) is 35.9 Å². The molecule has 0 aliphatic carbocycles. The van der Waals surface area contributed by atoms with Gasteiger partial charge in [-0.3, -0.25) is 24.0 Å². The topological polar surface area (TPSA) is 245 Å². The molecule has 0 spiro atoms. The van der Waals surface area contributed by atoms with Crippen LogP contribution < -0.4 is 21.7 Å². The molecule has 0 fully saturated rings. The Labute approximate surface area is 199 Å². The fourth-order valence-corrected chi connectivity index (χ4v) is 2.86. The predicted octanol–water partition coefficient (Wildman–Crippen LogP) is -2.57. The summed E-state index contributed by atoms with van der Waals surface area (Å²) in [5.74, 6) is -7.22. The maximum atomic E-state index is 13.0. The summed E-state index contributed by atoms with van der Waals surface area (Å²) in [4.78, 5) is 70.8. The van der Waals surface area contributed by atoms with Crippen LogP contribution in [0.5, 0.6) is 0 Å². The average Bonchev–Trinajstić information content (AvgIpc) is 2.79. The zero-order valence-electron chi connectivity index (χ0n) is 18.5. The van der Waals surface area contributed by atoms with Crippen LogP contribution in [0.25, 0.3) is 0 Å². The van der Waals surface area contributed by atoms with Crippen molar-refractivity contribution in [2.24, 2.45) is 5.73 Å². The van der Waals surface area contributed by atoms with E-state index in [9.17, 15) is 28.8 Å². The summed E-state index contributed by atoms with van der Waals surface area (Å²) in [5, 5.41) is 42.4. The Morgan fingerprint density at radius 2 is 1.31 bits per heavy atom. The van der Waals surface area contributed by atoms with Crippen LogP contribution in [0.4, 0.5) is 0 Å². The Kier molecular flexibility index (Phi) is 11.8. The Morgan fingerprint density at radius 1 is 0.771 bits per heavy atom. The van der Waals surface area contributed by atoms with E-state index >= 15 is 0 Å². The van der Waals surface area contributed by atoms with E-state index in [2.05, 4.69) is 10.6 Å². The van der Waals surface area contributed by atoms with Gasteiger partial charge in [0.25, 0.3) is 0 Å². The normalized spacial score (nSPS) is 14.0. The van der Waals surface area contributed by atoms with Crippen molar-refractivity contribution in [1.82, 2.24) is 16.0 Å². The molecule has 192 valence electrons. The summed E-state index contributed by atoms with van der Waals surface area (Å²) in [6, 6.07) is 2.31. The highest BCUT2D eigenvalue weighted by Crippen LogP contribution is 2.06. The average molecular weight is 496 g/mol. The smallest absolute Gasteiger partial charge is 0.328 e. The highest BCUT2D eigenvalue weighted by molar-refractivity contribution is 5.95. The van der Waals surface area contributed by atoms with Gasteiger partial charge in [-0.25, -0.2) is 4.79 Å². The van der Waals surface area contributed by atoms with Gasteiger partial charge in [0.15, 0.2) is 0 Å². The van der Waals surface area contributed by atoms with E-state index in [1.165, 1.54) is 0 Å². The van der Waals surface area contributed by atoms with Gasteiger partial charge in [0, 0.05) is 12.8 Å². The molecule has 4 unspecified atom stereocenters. The summed E-state index contributed by atoms with van der Waals surface area (Å²) in [5.41, 5.74) is 6.29. The number of hydrogen-bond donors (Lipinski definition) is 8. The number of carbonyl (C=O) groups excluding carboxylic acids is 3.